The lowest BCUT2D eigenvalue weighted by Crippen LogP contribution is -2.34. The van der Waals surface area contributed by atoms with Gasteiger partial charge in [-0.05, 0) is 44.2 Å². The highest BCUT2D eigenvalue weighted by atomic mass is 32.1. The zero-order valence-corrected chi connectivity index (χ0v) is 13.2. The molecule has 2 N–H and O–H groups in total. The van der Waals surface area contributed by atoms with Gasteiger partial charge in [0.2, 0.25) is 11.9 Å². The van der Waals surface area contributed by atoms with Crippen molar-refractivity contribution >= 4 is 23.2 Å². The summed E-state index contributed by atoms with van der Waals surface area (Å²) in [7, 11) is 0. The maximum Gasteiger partial charge on any atom is 0.323 e. The zero-order chi connectivity index (χ0) is 15.0. The third-order valence-corrected chi connectivity index (χ3v) is 4.49. The van der Waals surface area contributed by atoms with Crippen LogP contribution in [0.3, 0.4) is 0 Å². The molecule has 0 aromatic carbocycles. The summed E-state index contributed by atoms with van der Waals surface area (Å²) in [4.78, 5) is 16.3. The molecular formula is C14H19N5OS. The minimum absolute atomic E-state index is 0.00176. The highest BCUT2D eigenvalue weighted by Crippen LogP contribution is 2.35. The summed E-state index contributed by atoms with van der Waals surface area (Å²) in [6.07, 6.45) is 1.01. The van der Waals surface area contributed by atoms with Crippen molar-refractivity contribution in [3.05, 3.63) is 21.9 Å². The standard InChI is InChI=1S/C14H19N5OS/c1-8(2)20-14-17-12(15)16-13(18-14)19-6-4-11-10(9(19)3)5-7-21-11/h5,7-9H,4,6H2,1-3H3,(H2,15,16,17,18). The van der Waals surface area contributed by atoms with Crippen molar-refractivity contribution in [1.82, 2.24) is 15.0 Å². The van der Waals surface area contributed by atoms with Crippen LogP contribution in [0, 0.1) is 0 Å². The molecule has 0 fully saturated rings. The van der Waals surface area contributed by atoms with Gasteiger partial charge in [-0.2, -0.15) is 15.0 Å². The van der Waals surface area contributed by atoms with Crippen molar-refractivity contribution in [1.29, 1.82) is 0 Å². The van der Waals surface area contributed by atoms with Gasteiger partial charge in [0.1, 0.15) is 0 Å². The average Bonchev–Trinajstić information content (AvgIpc) is 2.86. The maximum absolute atomic E-state index is 5.80. The van der Waals surface area contributed by atoms with Crippen molar-refractivity contribution in [2.75, 3.05) is 17.2 Å². The highest BCUT2D eigenvalue weighted by Gasteiger charge is 2.27. The van der Waals surface area contributed by atoms with Gasteiger partial charge < -0.3 is 15.4 Å². The number of ether oxygens (including phenoxy) is 1. The average molecular weight is 305 g/mol. The third kappa shape index (κ3) is 2.78. The molecule has 2 aromatic heterocycles. The molecule has 6 nitrogen and oxygen atoms in total. The van der Waals surface area contributed by atoms with Crippen LogP contribution in [0.25, 0.3) is 0 Å². The summed E-state index contributed by atoms with van der Waals surface area (Å²) in [5.74, 6) is 0.779. The molecule has 0 aliphatic carbocycles. The summed E-state index contributed by atoms with van der Waals surface area (Å²) >= 11 is 1.81. The smallest absolute Gasteiger partial charge is 0.323 e. The Kier molecular flexibility index (Phi) is 3.67. The second kappa shape index (κ2) is 5.48. The Labute approximate surface area is 128 Å². The number of nitrogens with zero attached hydrogens (tertiary/aromatic N) is 4. The van der Waals surface area contributed by atoms with E-state index in [0.29, 0.717) is 5.95 Å². The molecular weight excluding hydrogens is 286 g/mol. The third-order valence-electron chi connectivity index (χ3n) is 3.50. The fraction of sp³-hybridized carbons (Fsp3) is 0.500. The Morgan fingerprint density at radius 2 is 2.19 bits per heavy atom. The van der Waals surface area contributed by atoms with E-state index < -0.39 is 0 Å². The molecule has 21 heavy (non-hydrogen) atoms. The van der Waals surface area contributed by atoms with Crippen LogP contribution < -0.4 is 15.4 Å². The summed E-state index contributed by atoms with van der Waals surface area (Å²) < 4.78 is 5.55. The number of fused-ring (bicyclic) bond motifs is 1. The fourth-order valence-corrected chi connectivity index (χ4v) is 3.50. The molecule has 7 heteroatoms. The van der Waals surface area contributed by atoms with Crippen molar-refractivity contribution in [3.8, 4) is 6.01 Å². The lowest BCUT2D eigenvalue weighted by atomic mass is 10.0. The molecule has 0 amide bonds. The first kappa shape index (κ1) is 14.1. The molecule has 0 radical (unpaired) electrons. The quantitative estimate of drug-likeness (QED) is 0.938. The van der Waals surface area contributed by atoms with Crippen LogP contribution in [0.4, 0.5) is 11.9 Å². The van der Waals surface area contributed by atoms with Crippen LogP contribution in [0.5, 0.6) is 6.01 Å². The summed E-state index contributed by atoms with van der Waals surface area (Å²) in [5.41, 5.74) is 7.14. The molecule has 2 aromatic rings. The molecule has 0 spiro atoms. The van der Waals surface area contributed by atoms with Gasteiger partial charge in [-0.3, -0.25) is 0 Å². The van der Waals surface area contributed by atoms with E-state index in [0.717, 1.165) is 13.0 Å². The van der Waals surface area contributed by atoms with Gasteiger partial charge in [0, 0.05) is 11.4 Å². The van der Waals surface area contributed by atoms with Gasteiger partial charge in [0.15, 0.2) is 0 Å². The van der Waals surface area contributed by atoms with Crippen LogP contribution in [-0.2, 0) is 6.42 Å². The van der Waals surface area contributed by atoms with E-state index in [1.165, 1.54) is 10.4 Å². The molecule has 3 rings (SSSR count). The lowest BCUT2D eigenvalue weighted by molar-refractivity contribution is 0.222. The van der Waals surface area contributed by atoms with Gasteiger partial charge in [0.25, 0.3) is 0 Å². The molecule has 0 bridgehead atoms. The van der Waals surface area contributed by atoms with E-state index in [2.05, 4.69) is 38.2 Å². The molecule has 112 valence electrons. The first-order valence-corrected chi connectivity index (χ1v) is 7.93. The Hall–Kier alpha value is -1.89. The number of aromatic nitrogens is 3. The predicted molar refractivity (Wildman–Crippen MR) is 83.8 cm³/mol. The highest BCUT2D eigenvalue weighted by molar-refractivity contribution is 7.10. The minimum atomic E-state index is 0.00176. The van der Waals surface area contributed by atoms with Gasteiger partial charge in [0.05, 0.1) is 12.1 Å². The Balaban J connectivity index is 1.92. The molecule has 3 heterocycles. The second-order valence-electron chi connectivity index (χ2n) is 5.36. The first-order valence-electron chi connectivity index (χ1n) is 7.05. The SMILES string of the molecule is CC(C)Oc1nc(N)nc(N2CCc3sccc3C2C)n1. The van der Waals surface area contributed by atoms with Gasteiger partial charge in [-0.15, -0.1) is 11.3 Å². The van der Waals surface area contributed by atoms with Crippen LogP contribution >= 0.6 is 11.3 Å². The Morgan fingerprint density at radius 3 is 2.95 bits per heavy atom. The second-order valence-corrected chi connectivity index (χ2v) is 6.36. The van der Waals surface area contributed by atoms with Crippen molar-refractivity contribution < 1.29 is 4.74 Å². The molecule has 1 aliphatic heterocycles. The molecule has 0 saturated carbocycles. The number of rotatable bonds is 3. The monoisotopic (exact) mass is 305 g/mol. The van der Waals surface area contributed by atoms with E-state index in [4.69, 9.17) is 10.5 Å². The van der Waals surface area contributed by atoms with Crippen LogP contribution in [-0.4, -0.2) is 27.6 Å². The Bertz CT molecular complexity index is 642. The van der Waals surface area contributed by atoms with Gasteiger partial charge in [-0.1, -0.05) is 0 Å². The molecule has 1 atom stereocenters. The largest absolute Gasteiger partial charge is 0.461 e. The predicted octanol–water partition coefficient (Wildman–Crippen LogP) is 2.43. The molecule has 1 unspecified atom stereocenters. The number of nitrogens with two attached hydrogens (primary N) is 1. The van der Waals surface area contributed by atoms with Crippen LogP contribution in [0.1, 0.15) is 37.3 Å². The summed E-state index contributed by atoms with van der Waals surface area (Å²) in [6.45, 7) is 6.90. The van der Waals surface area contributed by atoms with Gasteiger partial charge >= 0.3 is 6.01 Å². The van der Waals surface area contributed by atoms with E-state index in [1.807, 2.05) is 25.2 Å². The van der Waals surface area contributed by atoms with Crippen molar-refractivity contribution in [2.45, 2.75) is 39.3 Å². The first-order chi connectivity index (χ1) is 10.0. The van der Waals surface area contributed by atoms with E-state index in [9.17, 15) is 0 Å². The van der Waals surface area contributed by atoms with Crippen molar-refractivity contribution in [2.24, 2.45) is 0 Å². The molecule has 1 aliphatic rings. The van der Waals surface area contributed by atoms with Gasteiger partial charge in [-0.25, -0.2) is 0 Å². The Morgan fingerprint density at radius 1 is 1.38 bits per heavy atom. The zero-order valence-electron chi connectivity index (χ0n) is 12.4. The maximum atomic E-state index is 5.80. The number of nitrogen functional groups attached to an aromatic ring is 1. The van der Waals surface area contributed by atoms with Crippen molar-refractivity contribution in [3.63, 3.8) is 0 Å². The summed E-state index contributed by atoms with van der Waals surface area (Å²) in [5, 5.41) is 2.14. The van der Waals surface area contributed by atoms with Crippen LogP contribution in [0.15, 0.2) is 11.4 Å². The summed E-state index contributed by atoms with van der Waals surface area (Å²) in [6, 6.07) is 2.69. The topological polar surface area (TPSA) is 77.2 Å². The number of hydrogen-bond donors (Lipinski definition) is 1. The van der Waals surface area contributed by atoms with Crippen LogP contribution in [0.2, 0.25) is 0 Å². The normalized spacial score (nSPS) is 17.9. The van der Waals surface area contributed by atoms with E-state index >= 15 is 0 Å². The number of thiophene rings is 1. The minimum Gasteiger partial charge on any atom is -0.461 e. The van der Waals surface area contributed by atoms with E-state index in [-0.39, 0.29) is 24.1 Å². The number of hydrogen-bond acceptors (Lipinski definition) is 7. The molecule has 0 saturated heterocycles. The number of anilines is 2. The fourth-order valence-electron chi connectivity index (χ4n) is 2.54. The lowest BCUT2D eigenvalue weighted by Gasteiger charge is -2.33. The van der Waals surface area contributed by atoms with E-state index in [1.54, 1.807) is 0 Å².